The van der Waals surface area contributed by atoms with Crippen molar-refractivity contribution in [1.82, 2.24) is 0 Å². The van der Waals surface area contributed by atoms with Crippen LogP contribution in [-0.2, 0) is 4.79 Å². The summed E-state index contributed by atoms with van der Waals surface area (Å²) in [7, 11) is 0. The Balaban J connectivity index is 1.99. The number of rotatable bonds is 1. The van der Waals surface area contributed by atoms with Crippen LogP contribution in [-0.4, -0.2) is 16.4 Å². The van der Waals surface area contributed by atoms with Crippen LogP contribution in [0.1, 0.15) is 25.7 Å². The van der Waals surface area contributed by atoms with Crippen molar-refractivity contribution >= 4 is 81.4 Å². The fourth-order valence-electron chi connectivity index (χ4n) is 3.77. The van der Waals surface area contributed by atoms with E-state index in [-0.39, 0.29) is 0 Å². The van der Waals surface area contributed by atoms with E-state index in [2.05, 4.69) is 63.7 Å². The summed E-state index contributed by atoms with van der Waals surface area (Å²) in [6, 6.07) is 0. The van der Waals surface area contributed by atoms with Gasteiger partial charge in [0.15, 0.2) is 17.1 Å². The summed E-state index contributed by atoms with van der Waals surface area (Å²) in [4.78, 5) is 11.4. The maximum absolute atomic E-state index is 12.2. The minimum atomic E-state index is -0.978. The lowest BCUT2D eigenvalue weighted by molar-refractivity contribution is -0.123. The summed E-state index contributed by atoms with van der Waals surface area (Å²) in [6.07, 6.45) is 3.20. The minimum Gasteiger partial charge on any atom is -0.472 e. The zero-order chi connectivity index (χ0) is 18.1. The first-order valence-electron chi connectivity index (χ1n) is 7.47. The lowest BCUT2D eigenvalue weighted by Crippen LogP contribution is -2.63. The second-order valence-corrected chi connectivity index (χ2v) is 10.6. The van der Waals surface area contributed by atoms with E-state index in [1.54, 1.807) is 0 Å². The van der Waals surface area contributed by atoms with E-state index in [1.807, 2.05) is 0 Å². The van der Waals surface area contributed by atoms with Crippen LogP contribution in [0.4, 0.5) is 0 Å². The van der Waals surface area contributed by atoms with Gasteiger partial charge >= 0.3 is 0 Å². The molecule has 1 aliphatic carbocycles. The molecular formula is C15H12Br4N2O3S. The first kappa shape index (κ1) is 18.5. The Hall–Kier alpha value is 0.1000. The van der Waals surface area contributed by atoms with Gasteiger partial charge in [0, 0.05) is 6.42 Å². The van der Waals surface area contributed by atoms with E-state index in [0.29, 0.717) is 39.4 Å². The van der Waals surface area contributed by atoms with E-state index in [1.165, 1.54) is 11.8 Å². The molecule has 4 N–H and O–H groups in total. The van der Waals surface area contributed by atoms with E-state index in [9.17, 15) is 4.79 Å². The van der Waals surface area contributed by atoms with Gasteiger partial charge in [-0.15, -0.1) is 0 Å². The fourth-order valence-corrected chi connectivity index (χ4v) is 7.48. The smallest absolute Gasteiger partial charge is 0.251 e. The third-order valence-electron chi connectivity index (χ3n) is 4.80. The molecule has 3 aliphatic rings. The van der Waals surface area contributed by atoms with Crippen LogP contribution >= 0.6 is 75.5 Å². The van der Waals surface area contributed by atoms with Crippen molar-refractivity contribution in [2.75, 3.05) is 0 Å². The number of primary amides is 1. The highest BCUT2D eigenvalue weighted by Crippen LogP contribution is 2.66. The molecule has 1 aromatic carbocycles. The Morgan fingerprint density at radius 3 is 2.12 bits per heavy atom. The van der Waals surface area contributed by atoms with Gasteiger partial charge in [0.1, 0.15) is 0 Å². The molecule has 0 spiro atoms. The van der Waals surface area contributed by atoms with Crippen molar-refractivity contribution in [3.63, 3.8) is 0 Å². The maximum atomic E-state index is 12.2. The summed E-state index contributed by atoms with van der Waals surface area (Å²) >= 11 is 15.5. The third-order valence-corrected chi connectivity index (χ3v) is 10.9. The van der Waals surface area contributed by atoms with Gasteiger partial charge in [0.2, 0.25) is 4.93 Å². The van der Waals surface area contributed by atoms with Crippen molar-refractivity contribution in [2.24, 2.45) is 11.5 Å². The number of fused-ring (bicyclic) bond motifs is 1. The number of hydrogen-bond donors (Lipinski definition) is 2. The number of benzene rings is 1. The average molecular weight is 620 g/mol. The number of thioether (sulfide) groups is 1. The van der Waals surface area contributed by atoms with Crippen molar-refractivity contribution in [2.45, 2.75) is 36.2 Å². The molecule has 0 radical (unpaired) electrons. The molecule has 134 valence electrons. The van der Waals surface area contributed by atoms with Gasteiger partial charge in [-0.05, 0) is 83.0 Å². The molecule has 2 aliphatic heterocycles. The van der Waals surface area contributed by atoms with Crippen LogP contribution in [0.3, 0.4) is 0 Å². The number of ether oxygens (including phenoxy) is 2. The molecule has 0 bridgehead atoms. The third kappa shape index (κ3) is 2.33. The number of nitrogens with two attached hydrogens (primary N) is 2. The summed E-state index contributed by atoms with van der Waals surface area (Å²) < 4.78 is 16.1. The molecule has 2 atom stereocenters. The van der Waals surface area contributed by atoms with Gasteiger partial charge in [-0.1, -0.05) is 11.8 Å². The summed E-state index contributed by atoms with van der Waals surface area (Å²) in [6.45, 7) is 0. The highest BCUT2D eigenvalue weighted by molar-refractivity contribution is 9.15. The molecule has 25 heavy (non-hydrogen) atoms. The van der Waals surface area contributed by atoms with E-state index < -0.39 is 16.4 Å². The van der Waals surface area contributed by atoms with Gasteiger partial charge in [-0.25, -0.2) is 0 Å². The van der Waals surface area contributed by atoms with Gasteiger partial charge < -0.3 is 20.9 Å². The predicted octanol–water partition coefficient (Wildman–Crippen LogP) is 4.92. The minimum absolute atomic E-state index is 0.324. The van der Waals surface area contributed by atoms with Gasteiger partial charge in [0.25, 0.3) is 5.91 Å². The number of hydrogen-bond acceptors (Lipinski definition) is 5. The Bertz CT molecular complexity index is 862. The van der Waals surface area contributed by atoms with Crippen LogP contribution in [0.25, 0.3) is 0 Å². The summed E-state index contributed by atoms with van der Waals surface area (Å²) in [5.74, 6) is 0.534. The van der Waals surface area contributed by atoms with Crippen molar-refractivity contribution in [3.05, 3.63) is 28.5 Å². The average Bonchev–Trinajstić information content (AvgIpc) is 2.84. The van der Waals surface area contributed by atoms with Crippen LogP contribution in [0.5, 0.6) is 11.5 Å². The lowest BCUT2D eigenvalue weighted by atomic mass is 9.75. The second-order valence-electron chi connectivity index (χ2n) is 6.11. The summed E-state index contributed by atoms with van der Waals surface area (Å²) in [5.41, 5.74) is 11.2. The normalized spacial score (nSPS) is 30.1. The lowest BCUT2D eigenvalue weighted by Gasteiger charge is -2.51. The van der Waals surface area contributed by atoms with Crippen LogP contribution in [0.2, 0.25) is 0 Å². The first-order chi connectivity index (χ1) is 11.7. The summed E-state index contributed by atoms with van der Waals surface area (Å²) in [5, 5.41) is 0.382. The van der Waals surface area contributed by atoms with Crippen molar-refractivity contribution < 1.29 is 14.3 Å². The molecule has 1 amide bonds. The topological polar surface area (TPSA) is 87.6 Å². The fraction of sp³-hybridized carbons (Fsp3) is 0.400. The van der Waals surface area contributed by atoms with Crippen molar-refractivity contribution in [1.29, 1.82) is 0 Å². The Morgan fingerprint density at radius 2 is 1.52 bits per heavy atom. The maximum Gasteiger partial charge on any atom is 0.251 e. The molecular weight excluding hydrogens is 608 g/mol. The number of halogens is 4. The number of amides is 1. The molecule has 1 aromatic rings. The molecule has 0 saturated heterocycles. The van der Waals surface area contributed by atoms with Crippen molar-refractivity contribution in [3.8, 4) is 11.5 Å². The largest absolute Gasteiger partial charge is 0.472 e. The molecule has 5 nitrogen and oxygen atoms in total. The zero-order valence-electron chi connectivity index (χ0n) is 12.6. The Labute approximate surface area is 182 Å². The van der Waals surface area contributed by atoms with Crippen LogP contribution < -0.4 is 20.9 Å². The first-order valence-corrected chi connectivity index (χ1v) is 11.5. The molecule has 0 aromatic heterocycles. The Kier molecular flexibility index (Phi) is 4.47. The molecule has 4 rings (SSSR count). The monoisotopic (exact) mass is 616 g/mol. The van der Waals surface area contributed by atoms with Gasteiger partial charge in [-0.3, -0.25) is 4.79 Å². The molecule has 2 heterocycles. The standard InChI is InChI=1S/C15H12Br4N2O3S/c16-6-7(17)9(19)11-10(8(6)18)23-14-3-1-2-4-15(14,24-11)25-13(21)5(14)12(20)22/h1-4,21H2,(H2,20,22). The van der Waals surface area contributed by atoms with E-state index >= 15 is 0 Å². The van der Waals surface area contributed by atoms with Gasteiger partial charge in [-0.2, -0.15) is 0 Å². The molecule has 10 heteroatoms. The highest BCUT2D eigenvalue weighted by Gasteiger charge is 2.69. The van der Waals surface area contributed by atoms with E-state index in [4.69, 9.17) is 20.9 Å². The molecule has 1 fully saturated rings. The van der Waals surface area contributed by atoms with Crippen LogP contribution in [0.15, 0.2) is 28.5 Å². The van der Waals surface area contributed by atoms with Crippen LogP contribution in [0, 0.1) is 0 Å². The SMILES string of the molecule is NC(=O)C1=C(N)SC23CCCCC12Oc1c(Br)c(Br)c(Br)c(Br)c1O3. The number of carbonyl (C=O) groups excluding carboxylic acids is 1. The van der Waals surface area contributed by atoms with Gasteiger partial charge in [0.05, 0.1) is 28.5 Å². The predicted molar refractivity (Wildman–Crippen MR) is 110 cm³/mol. The molecule has 2 unspecified atom stereocenters. The molecule has 1 saturated carbocycles. The second kappa shape index (κ2) is 6.05. The highest BCUT2D eigenvalue weighted by atomic mass is 79.9. The number of carbonyl (C=O) groups is 1. The van der Waals surface area contributed by atoms with E-state index in [0.717, 1.165) is 26.3 Å². The quantitative estimate of drug-likeness (QED) is 0.344. The zero-order valence-corrected chi connectivity index (χ0v) is 19.8. The Morgan fingerprint density at radius 1 is 0.960 bits per heavy atom.